The number of allylic oxidation sites excluding steroid dienone is 2. The molecule has 2 aromatic carbocycles. The van der Waals surface area contributed by atoms with Crippen molar-refractivity contribution in [1.29, 1.82) is 0 Å². The van der Waals surface area contributed by atoms with Gasteiger partial charge in [-0.15, -0.1) is 5.10 Å². The molecule has 1 aliphatic heterocycles. The third-order valence-corrected chi connectivity index (χ3v) is 5.37. The summed E-state index contributed by atoms with van der Waals surface area (Å²) < 4.78 is 1.62. The maximum absolute atomic E-state index is 12.8. The van der Waals surface area contributed by atoms with E-state index >= 15 is 0 Å². The number of aromatic hydroxyl groups is 1. The van der Waals surface area contributed by atoms with Gasteiger partial charge in [-0.1, -0.05) is 24.3 Å². The van der Waals surface area contributed by atoms with Gasteiger partial charge in [0.25, 0.3) is 5.69 Å². The van der Waals surface area contributed by atoms with E-state index < -0.39 is 11.0 Å². The van der Waals surface area contributed by atoms with Crippen LogP contribution in [0.25, 0.3) is 11.4 Å². The Morgan fingerprint density at radius 1 is 1.17 bits per heavy atom. The van der Waals surface area contributed by atoms with Gasteiger partial charge in [-0.05, 0) is 30.5 Å². The summed E-state index contributed by atoms with van der Waals surface area (Å²) in [5, 5.41) is 28.9. The van der Waals surface area contributed by atoms with E-state index in [1.807, 2.05) is 6.07 Å². The summed E-state index contributed by atoms with van der Waals surface area (Å²) in [5.74, 6) is 0.907. The number of hydrogen-bond acceptors (Lipinski definition) is 7. The molecule has 150 valence electrons. The minimum Gasteiger partial charge on any atom is -0.508 e. The van der Waals surface area contributed by atoms with Crippen molar-refractivity contribution < 1.29 is 14.8 Å². The number of nitro groups is 1. The number of non-ortho nitro benzene ring substituents is 1. The van der Waals surface area contributed by atoms with Crippen molar-refractivity contribution in [3.63, 3.8) is 0 Å². The molecule has 2 heterocycles. The van der Waals surface area contributed by atoms with Gasteiger partial charge in [-0.2, -0.15) is 4.98 Å². The average Bonchev–Trinajstić information content (AvgIpc) is 3.16. The molecule has 9 nitrogen and oxygen atoms in total. The lowest BCUT2D eigenvalue weighted by Crippen LogP contribution is -2.31. The number of carbonyl (C=O) groups excluding carboxylic acids is 1. The van der Waals surface area contributed by atoms with Crippen LogP contribution in [0, 0.1) is 10.1 Å². The van der Waals surface area contributed by atoms with Crippen molar-refractivity contribution in [1.82, 2.24) is 14.8 Å². The van der Waals surface area contributed by atoms with Crippen LogP contribution in [0.1, 0.15) is 30.9 Å². The van der Waals surface area contributed by atoms with Crippen molar-refractivity contribution in [2.45, 2.75) is 25.3 Å². The van der Waals surface area contributed by atoms with Crippen molar-refractivity contribution in [3.8, 4) is 17.1 Å². The number of aromatic nitrogens is 3. The molecule has 0 saturated heterocycles. The number of phenolic OH excluding ortho intramolecular Hbond substituents is 1. The SMILES string of the molecule is O=C1CCCC2=C1C(c1cccc(O)c1)n1nc(-c3cccc([N+](=O)[O-])c3)nc1N2. The van der Waals surface area contributed by atoms with E-state index in [2.05, 4.69) is 15.4 Å². The zero-order valence-corrected chi connectivity index (χ0v) is 15.8. The van der Waals surface area contributed by atoms with Crippen LogP contribution in [0.15, 0.2) is 59.8 Å². The van der Waals surface area contributed by atoms with Crippen molar-refractivity contribution >= 4 is 17.4 Å². The number of rotatable bonds is 3. The highest BCUT2D eigenvalue weighted by Gasteiger charge is 2.37. The second-order valence-corrected chi connectivity index (χ2v) is 7.30. The third-order valence-electron chi connectivity index (χ3n) is 5.37. The minimum atomic E-state index is -0.531. The predicted molar refractivity (Wildman–Crippen MR) is 108 cm³/mol. The maximum Gasteiger partial charge on any atom is 0.270 e. The molecular weight excluding hydrogens is 386 g/mol. The Hall–Kier alpha value is -4.01. The van der Waals surface area contributed by atoms with E-state index in [1.54, 1.807) is 35.0 Å². The summed E-state index contributed by atoms with van der Waals surface area (Å²) in [5.41, 5.74) is 2.60. The fourth-order valence-electron chi connectivity index (χ4n) is 4.04. The van der Waals surface area contributed by atoms with Crippen LogP contribution in [-0.2, 0) is 4.79 Å². The first kappa shape index (κ1) is 18.0. The van der Waals surface area contributed by atoms with Crippen molar-refractivity contribution in [3.05, 3.63) is 75.5 Å². The molecular formula is C21H17N5O4. The van der Waals surface area contributed by atoms with Gasteiger partial charge in [0.15, 0.2) is 11.6 Å². The molecule has 0 saturated carbocycles. The molecule has 0 radical (unpaired) electrons. The van der Waals surface area contributed by atoms with Gasteiger partial charge in [0.2, 0.25) is 5.95 Å². The van der Waals surface area contributed by atoms with Gasteiger partial charge >= 0.3 is 0 Å². The number of carbonyl (C=O) groups is 1. The van der Waals surface area contributed by atoms with E-state index in [0.717, 1.165) is 24.1 Å². The molecule has 0 amide bonds. The highest BCUT2D eigenvalue weighted by Crippen LogP contribution is 2.41. The molecule has 2 aliphatic rings. The summed E-state index contributed by atoms with van der Waals surface area (Å²) >= 11 is 0. The van der Waals surface area contributed by atoms with Gasteiger partial charge in [0, 0.05) is 35.4 Å². The molecule has 1 unspecified atom stereocenters. The Kier molecular flexibility index (Phi) is 4.09. The minimum absolute atomic E-state index is 0.0372. The number of ketones is 1. The second kappa shape index (κ2) is 6.80. The molecule has 0 fully saturated rings. The molecule has 1 aromatic heterocycles. The van der Waals surface area contributed by atoms with E-state index in [1.165, 1.54) is 12.1 Å². The lowest BCUT2D eigenvalue weighted by Gasteiger charge is -2.32. The number of anilines is 1. The Bertz CT molecular complexity index is 1230. The van der Waals surface area contributed by atoms with E-state index in [9.17, 15) is 20.0 Å². The standard InChI is InChI=1S/C21H17N5O4/c27-15-7-2-4-12(11-15)19-18-16(8-3-9-17(18)28)22-21-23-20(24-25(19)21)13-5-1-6-14(10-13)26(29)30/h1-2,4-7,10-11,19,27H,3,8-9H2,(H,22,23,24). The monoisotopic (exact) mass is 403 g/mol. The first-order chi connectivity index (χ1) is 14.5. The molecule has 1 aliphatic carbocycles. The number of phenols is 1. The van der Waals surface area contributed by atoms with Crippen LogP contribution in [0.2, 0.25) is 0 Å². The smallest absolute Gasteiger partial charge is 0.270 e. The predicted octanol–water partition coefficient (Wildman–Crippen LogP) is 3.58. The Balaban J connectivity index is 1.67. The Morgan fingerprint density at radius 3 is 2.80 bits per heavy atom. The molecule has 0 spiro atoms. The number of fused-ring (bicyclic) bond motifs is 1. The van der Waals surface area contributed by atoms with Crippen LogP contribution in [0.3, 0.4) is 0 Å². The van der Waals surface area contributed by atoms with Gasteiger partial charge in [-0.25, -0.2) is 4.68 Å². The number of benzene rings is 2. The van der Waals surface area contributed by atoms with Crippen LogP contribution < -0.4 is 5.32 Å². The molecule has 3 aromatic rings. The number of hydrogen-bond donors (Lipinski definition) is 2. The highest BCUT2D eigenvalue weighted by atomic mass is 16.6. The zero-order chi connectivity index (χ0) is 20.8. The number of nitrogens with one attached hydrogen (secondary N) is 1. The third kappa shape index (κ3) is 2.91. The Labute approximate surface area is 170 Å². The summed E-state index contributed by atoms with van der Waals surface area (Å²) in [6, 6.07) is 12.3. The molecule has 5 rings (SSSR count). The van der Waals surface area contributed by atoms with Crippen LogP contribution >= 0.6 is 0 Å². The first-order valence-electron chi connectivity index (χ1n) is 9.55. The summed E-state index contributed by atoms with van der Waals surface area (Å²) in [6.45, 7) is 0. The van der Waals surface area contributed by atoms with Crippen molar-refractivity contribution in [2.24, 2.45) is 0 Å². The summed E-state index contributed by atoms with van der Waals surface area (Å²) in [6.07, 6.45) is 1.93. The van der Waals surface area contributed by atoms with Gasteiger partial charge < -0.3 is 10.4 Å². The molecule has 2 N–H and O–H groups in total. The molecule has 9 heteroatoms. The fourth-order valence-corrected chi connectivity index (χ4v) is 4.04. The second-order valence-electron chi connectivity index (χ2n) is 7.30. The largest absolute Gasteiger partial charge is 0.508 e. The lowest BCUT2D eigenvalue weighted by molar-refractivity contribution is -0.384. The maximum atomic E-state index is 12.8. The van der Waals surface area contributed by atoms with Gasteiger partial charge in [-0.3, -0.25) is 14.9 Å². The van der Waals surface area contributed by atoms with Crippen molar-refractivity contribution in [2.75, 3.05) is 5.32 Å². The van der Waals surface area contributed by atoms with Crippen LogP contribution in [-0.4, -0.2) is 30.6 Å². The zero-order valence-electron chi connectivity index (χ0n) is 15.8. The molecule has 30 heavy (non-hydrogen) atoms. The van der Waals surface area contributed by atoms with E-state index in [0.29, 0.717) is 29.3 Å². The molecule has 0 bridgehead atoms. The van der Waals surface area contributed by atoms with Crippen LogP contribution in [0.4, 0.5) is 11.6 Å². The average molecular weight is 403 g/mol. The highest BCUT2D eigenvalue weighted by molar-refractivity contribution is 5.99. The van der Waals surface area contributed by atoms with E-state index in [4.69, 9.17) is 0 Å². The topological polar surface area (TPSA) is 123 Å². The normalized spacial score (nSPS) is 17.9. The fraction of sp³-hybridized carbons (Fsp3) is 0.190. The molecule has 1 atom stereocenters. The Morgan fingerprint density at radius 2 is 2.00 bits per heavy atom. The number of nitro benzene ring substituents is 1. The lowest BCUT2D eigenvalue weighted by atomic mass is 9.85. The van der Waals surface area contributed by atoms with E-state index in [-0.39, 0.29) is 17.2 Å². The summed E-state index contributed by atoms with van der Waals surface area (Å²) in [4.78, 5) is 28.0. The quantitative estimate of drug-likeness (QED) is 0.506. The van der Waals surface area contributed by atoms with Gasteiger partial charge in [0.05, 0.1) is 4.92 Å². The summed E-state index contributed by atoms with van der Waals surface area (Å²) in [7, 11) is 0. The number of nitrogens with zero attached hydrogens (tertiary/aromatic N) is 4. The first-order valence-corrected chi connectivity index (χ1v) is 9.55. The number of Topliss-reactive ketones (excluding diaryl/α,β-unsaturated/α-hetero) is 1. The van der Waals surface area contributed by atoms with Gasteiger partial charge in [0.1, 0.15) is 11.8 Å². The van der Waals surface area contributed by atoms with Crippen LogP contribution in [0.5, 0.6) is 5.75 Å².